The third-order valence-corrected chi connectivity index (χ3v) is 6.68. The number of nitrogens with zero attached hydrogens (tertiary/aromatic N) is 3. The van der Waals surface area contributed by atoms with Crippen LogP contribution in [-0.4, -0.2) is 38.9 Å². The van der Waals surface area contributed by atoms with E-state index >= 15 is 0 Å². The highest BCUT2D eigenvalue weighted by Gasteiger charge is 2.28. The van der Waals surface area contributed by atoms with Gasteiger partial charge in [0.2, 0.25) is 10.0 Å². The monoisotopic (exact) mass is 453 g/mol. The molecule has 0 spiro atoms. The number of rotatable bonds is 3. The van der Waals surface area contributed by atoms with Gasteiger partial charge in [0.05, 0.1) is 16.5 Å². The molecule has 1 aliphatic heterocycles. The Morgan fingerprint density at radius 2 is 1.50 bits per heavy atom. The van der Waals surface area contributed by atoms with Crippen LogP contribution in [0, 0.1) is 14.9 Å². The molecule has 1 aliphatic rings. The van der Waals surface area contributed by atoms with E-state index in [0.717, 1.165) is 9.26 Å². The summed E-state index contributed by atoms with van der Waals surface area (Å²) in [7, 11) is -3.43. The van der Waals surface area contributed by atoms with Crippen molar-refractivity contribution in [3.05, 3.63) is 57.7 Å². The van der Waals surface area contributed by atoms with Crippen molar-refractivity contribution >= 4 is 38.3 Å². The maximum atomic E-state index is 12.7. The van der Waals surface area contributed by atoms with E-state index in [0.29, 0.717) is 36.6 Å². The number of anilines is 1. The van der Waals surface area contributed by atoms with Crippen LogP contribution in [0.5, 0.6) is 0 Å². The minimum absolute atomic E-state index is 0.342. The average molecular weight is 453 g/mol. The number of benzene rings is 2. The summed E-state index contributed by atoms with van der Waals surface area (Å²) in [6.45, 7) is 2.17. The zero-order valence-corrected chi connectivity index (χ0v) is 15.9. The Morgan fingerprint density at radius 1 is 0.917 bits per heavy atom. The van der Waals surface area contributed by atoms with Gasteiger partial charge in [0.1, 0.15) is 0 Å². The third-order valence-electron chi connectivity index (χ3n) is 4.05. The lowest BCUT2D eigenvalue weighted by atomic mass is 10.2. The summed E-state index contributed by atoms with van der Waals surface area (Å²) in [6.07, 6.45) is 0. The van der Waals surface area contributed by atoms with E-state index in [4.69, 9.17) is 5.26 Å². The molecule has 0 amide bonds. The lowest BCUT2D eigenvalue weighted by Gasteiger charge is -2.35. The minimum atomic E-state index is -3.43. The van der Waals surface area contributed by atoms with Crippen molar-refractivity contribution in [1.29, 1.82) is 5.26 Å². The number of hydrogen-bond donors (Lipinski definition) is 0. The molecule has 0 aliphatic carbocycles. The predicted octanol–water partition coefficient (Wildman–Crippen LogP) is 2.67. The van der Waals surface area contributed by atoms with Gasteiger partial charge in [-0.05, 0) is 71.1 Å². The van der Waals surface area contributed by atoms with Gasteiger partial charge in [0.15, 0.2) is 0 Å². The van der Waals surface area contributed by atoms with Crippen molar-refractivity contribution in [1.82, 2.24) is 4.31 Å². The van der Waals surface area contributed by atoms with Crippen LogP contribution in [0.25, 0.3) is 0 Å². The second-order valence-electron chi connectivity index (χ2n) is 5.50. The number of halogens is 1. The van der Waals surface area contributed by atoms with Crippen molar-refractivity contribution in [2.75, 3.05) is 31.1 Å². The molecule has 1 fully saturated rings. The first-order valence-electron chi connectivity index (χ1n) is 7.51. The van der Waals surface area contributed by atoms with Crippen LogP contribution in [0.3, 0.4) is 0 Å². The zero-order chi connectivity index (χ0) is 17.2. The largest absolute Gasteiger partial charge is 0.369 e. The van der Waals surface area contributed by atoms with Crippen LogP contribution in [0.15, 0.2) is 53.4 Å². The number of sulfonamides is 1. The Hall–Kier alpha value is -1.63. The molecule has 24 heavy (non-hydrogen) atoms. The van der Waals surface area contributed by atoms with Crippen molar-refractivity contribution < 1.29 is 8.42 Å². The van der Waals surface area contributed by atoms with Crippen LogP contribution in [-0.2, 0) is 10.0 Å². The van der Waals surface area contributed by atoms with Crippen molar-refractivity contribution in [3.63, 3.8) is 0 Å². The van der Waals surface area contributed by atoms with E-state index in [1.165, 1.54) is 4.31 Å². The summed E-state index contributed by atoms with van der Waals surface area (Å²) >= 11 is 2.16. The minimum Gasteiger partial charge on any atom is -0.369 e. The zero-order valence-electron chi connectivity index (χ0n) is 12.9. The van der Waals surface area contributed by atoms with Crippen molar-refractivity contribution in [3.8, 4) is 6.07 Å². The highest BCUT2D eigenvalue weighted by atomic mass is 127. The van der Waals surface area contributed by atoms with Gasteiger partial charge < -0.3 is 4.90 Å². The lowest BCUT2D eigenvalue weighted by molar-refractivity contribution is 0.385. The molecule has 0 N–H and O–H groups in total. The highest BCUT2D eigenvalue weighted by molar-refractivity contribution is 14.1. The molecule has 3 rings (SSSR count). The summed E-state index contributed by atoms with van der Waals surface area (Å²) in [4.78, 5) is 2.48. The molecule has 0 bridgehead atoms. The van der Waals surface area contributed by atoms with E-state index in [9.17, 15) is 8.42 Å². The lowest BCUT2D eigenvalue weighted by Crippen LogP contribution is -2.48. The standard InChI is InChI=1S/C17H16IN3O2S/c18-15-3-7-17(8-4-15)24(22,23)21-11-9-20(10-12-21)16-5-1-14(13-19)2-6-16/h1-8H,9-12H2. The van der Waals surface area contributed by atoms with Gasteiger partial charge >= 0.3 is 0 Å². The smallest absolute Gasteiger partial charge is 0.243 e. The molecule has 2 aromatic carbocycles. The van der Waals surface area contributed by atoms with Crippen LogP contribution in [0.1, 0.15) is 5.56 Å². The van der Waals surface area contributed by atoms with Gasteiger partial charge in [-0.15, -0.1) is 0 Å². The Kier molecular flexibility index (Phi) is 5.08. The number of piperazine rings is 1. The summed E-state index contributed by atoms with van der Waals surface area (Å²) < 4.78 is 27.9. The topological polar surface area (TPSA) is 64.4 Å². The third kappa shape index (κ3) is 3.55. The highest BCUT2D eigenvalue weighted by Crippen LogP contribution is 2.22. The molecule has 1 heterocycles. The molecular weight excluding hydrogens is 437 g/mol. The molecule has 0 unspecified atom stereocenters. The first-order valence-corrected chi connectivity index (χ1v) is 10.0. The molecule has 7 heteroatoms. The first-order chi connectivity index (χ1) is 11.5. The molecule has 0 atom stereocenters. The Balaban J connectivity index is 1.70. The van der Waals surface area contributed by atoms with E-state index in [-0.39, 0.29) is 0 Å². The second kappa shape index (κ2) is 7.09. The van der Waals surface area contributed by atoms with Crippen LogP contribution < -0.4 is 4.90 Å². The van der Waals surface area contributed by atoms with Gasteiger partial charge in [0.25, 0.3) is 0 Å². The van der Waals surface area contributed by atoms with Gasteiger partial charge in [0, 0.05) is 35.4 Å². The normalized spacial score (nSPS) is 15.9. The van der Waals surface area contributed by atoms with Crippen molar-refractivity contribution in [2.45, 2.75) is 4.90 Å². The first kappa shape index (κ1) is 17.2. The predicted molar refractivity (Wildman–Crippen MR) is 101 cm³/mol. The van der Waals surface area contributed by atoms with E-state index in [1.807, 2.05) is 12.1 Å². The maximum absolute atomic E-state index is 12.7. The second-order valence-corrected chi connectivity index (χ2v) is 8.69. The fourth-order valence-electron chi connectivity index (χ4n) is 2.69. The quantitative estimate of drug-likeness (QED) is 0.671. The molecule has 124 valence electrons. The van der Waals surface area contributed by atoms with Crippen molar-refractivity contribution in [2.24, 2.45) is 0 Å². The van der Waals surface area contributed by atoms with E-state index < -0.39 is 10.0 Å². The number of nitriles is 1. The molecule has 0 radical (unpaired) electrons. The van der Waals surface area contributed by atoms with Gasteiger partial charge in [-0.1, -0.05) is 0 Å². The molecular formula is C17H16IN3O2S. The van der Waals surface area contributed by atoms with Crippen LogP contribution in [0.4, 0.5) is 5.69 Å². The number of hydrogen-bond acceptors (Lipinski definition) is 4. The summed E-state index contributed by atoms with van der Waals surface area (Å²) in [5.41, 5.74) is 1.64. The summed E-state index contributed by atoms with van der Waals surface area (Å²) in [6, 6.07) is 16.4. The maximum Gasteiger partial charge on any atom is 0.243 e. The van der Waals surface area contributed by atoms with Crippen LogP contribution in [0.2, 0.25) is 0 Å². The van der Waals surface area contributed by atoms with Crippen LogP contribution >= 0.6 is 22.6 Å². The van der Waals surface area contributed by atoms with Gasteiger partial charge in [-0.25, -0.2) is 8.42 Å². The Morgan fingerprint density at radius 3 is 2.04 bits per heavy atom. The SMILES string of the molecule is N#Cc1ccc(N2CCN(S(=O)(=O)c3ccc(I)cc3)CC2)cc1. The Bertz CT molecular complexity index is 850. The average Bonchev–Trinajstić information content (AvgIpc) is 2.62. The molecule has 0 saturated carbocycles. The molecule has 2 aromatic rings. The van der Waals surface area contributed by atoms with E-state index in [1.54, 1.807) is 36.4 Å². The fraction of sp³-hybridized carbons (Fsp3) is 0.235. The van der Waals surface area contributed by atoms with E-state index in [2.05, 4.69) is 33.6 Å². The Labute approximate surface area is 155 Å². The van der Waals surface area contributed by atoms with Gasteiger partial charge in [-0.2, -0.15) is 9.57 Å². The van der Waals surface area contributed by atoms with Gasteiger partial charge in [-0.3, -0.25) is 0 Å². The fourth-order valence-corrected chi connectivity index (χ4v) is 4.47. The summed E-state index contributed by atoms with van der Waals surface area (Å²) in [5.74, 6) is 0. The molecule has 0 aromatic heterocycles. The molecule has 5 nitrogen and oxygen atoms in total. The summed E-state index contributed by atoms with van der Waals surface area (Å²) in [5, 5.41) is 8.85. The molecule has 1 saturated heterocycles.